The zero-order valence-electron chi connectivity index (χ0n) is 19.1. The molecule has 176 valence electrons. The lowest BCUT2D eigenvalue weighted by Gasteiger charge is -2.19. The van der Waals surface area contributed by atoms with Crippen LogP contribution in [0.1, 0.15) is 35.3 Å². The minimum absolute atomic E-state index is 0.139. The molecule has 0 saturated heterocycles. The Morgan fingerprint density at radius 1 is 1.00 bits per heavy atom. The molecule has 0 atom stereocenters. The van der Waals surface area contributed by atoms with Gasteiger partial charge in [0, 0.05) is 17.8 Å². The molecule has 1 amide bonds. The molecule has 34 heavy (non-hydrogen) atoms. The highest BCUT2D eigenvalue weighted by atomic mass is 32.2. The van der Waals surface area contributed by atoms with Gasteiger partial charge in [0.15, 0.2) is 5.11 Å². The zero-order chi connectivity index (χ0) is 24.3. The predicted octanol–water partition coefficient (Wildman–Crippen LogP) is 4.76. The number of rotatable bonds is 6. The summed E-state index contributed by atoms with van der Waals surface area (Å²) in [6.07, 6.45) is 1.65. The van der Waals surface area contributed by atoms with E-state index in [0.29, 0.717) is 30.1 Å². The number of hydrogen-bond acceptors (Lipinski definition) is 4. The van der Waals surface area contributed by atoms with Gasteiger partial charge in [0.05, 0.1) is 10.6 Å². The monoisotopic (exact) mass is 493 g/mol. The van der Waals surface area contributed by atoms with E-state index in [-0.39, 0.29) is 15.9 Å². The van der Waals surface area contributed by atoms with Gasteiger partial charge in [-0.05, 0) is 84.6 Å². The van der Waals surface area contributed by atoms with E-state index in [2.05, 4.69) is 24.5 Å². The van der Waals surface area contributed by atoms with Crippen molar-refractivity contribution in [3.63, 3.8) is 0 Å². The number of carbonyl (C=O) groups is 1. The third-order valence-corrected chi connectivity index (χ3v) is 7.66. The first-order chi connectivity index (χ1) is 16.2. The van der Waals surface area contributed by atoms with Crippen LogP contribution in [-0.4, -0.2) is 26.0 Å². The lowest BCUT2D eigenvalue weighted by atomic mass is 10.0. The van der Waals surface area contributed by atoms with Gasteiger partial charge in [0.25, 0.3) is 15.9 Å². The number of nitrogens with zero attached hydrogens (tertiary/aromatic N) is 1. The molecule has 1 aliphatic heterocycles. The largest absolute Gasteiger partial charge is 0.332 e. The van der Waals surface area contributed by atoms with Crippen molar-refractivity contribution in [2.24, 2.45) is 5.92 Å². The van der Waals surface area contributed by atoms with Crippen molar-refractivity contribution in [2.45, 2.75) is 31.6 Å². The average molecular weight is 494 g/mol. The van der Waals surface area contributed by atoms with Crippen molar-refractivity contribution in [1.82, 2.24) is 5.32 Å². The summed E-state index contributed by atoms with van der Waals surface area (Å²) in [5, 5.41) is 5.73. The molecule has 6 nitrogen and oxygen atoms in total. The Kier molecular flexibility index (Phi) is 7.00. The molecule has 3 aromatic carbocycles. The van der Waals surface area contributed by atoms with E-state index in [1.54, 1.807) is 24.3 Å². The molecular formula is C26H27N3O3S2. The molecule has 0 spiro atoms. The molecule has 8 heteroatoms. The third kappa shape index (κ3) is 5.29. The van der Waals surface area contributed by atoms with E-state index in [0.717, 1.165) is 17.7 Å². The Morgan fingerprint density at radius 2 is 1.68 bits per heavy atom. The van der Waals surface area contributed by atoms with Crippen LogP contribution in [0.2, 0.25) is 0 Å². The quantitative estimate of drug-likeness (QED) is 0.484. The Hall–Kier alpha value is -3.23. The Labute approximate surface area is 206 Å². The average Bonchev–Trinajstić information content (AvgIpc) is 3.24. The molecule has 1 aliphatic rings. The second-order valence-electron chi connectivity index (χ2n) is 8.68. The maximum atomic E-state index is 13.1. The van der Waals surface area contributed by atoms with Gasteiger partial charge in [-0.15, -0.1) is 0 Å². The predicted molar refractivity (Wildman–Crippen MR) is 140 cm³/mol. The van der Waals surface area contributed by atoms with Crippen LogP contribution in [0.3, 0.4) is 0 Å². The van der Waals surface area contributed by atoms with Crippen molar-refractivity contribution in [1.29, 1.82) is 0 Å². The van der Waals surface area contributed by atoms with Crippen LogP contribution in [-0.2, 0) is 22.9 Å². The molecule has 0 aromatic heterocycles. The number of anilines is 2. The lowest BCUT2D eigenvalue weighted by molar-refractivity contribution is 0.0977. The maximum Gasteiger partial charge on any atom is 0.264 e. The summed E-state index contributed by atoms with van der Waals surface area (Å²) in [6, 6.07) is 21.3. The lowest BCUT2D eigenvalue weighted by Crippen LogP contribution is -2.34. The molecule has 0 unspecified atom stereocenters. The molecule has 3 aromatic rings. The van der Waals surface area contributed by atoms with Gasteiger partial charge in [-0.25, -0.2) is 8.42 Å². The number of fused-ring (bicyclic) bond motifs is 1. The Balaban J connectivity index is 1.38. The summed E-state index contributed by atoms with van der Waals surface area (Å²) in [7, 11) is -3.66. The highest BCUT2D eigenvalue weighted by Gasteiger charge is 2.30. The molecule has 0 radical (unpaired) electrons. The second kappa shape index (κ2) is 9.95. The summed E-state index contributed by atoms with van der Waals surface area (Å²) in [5.41, 5.74) is 4.04. The maximum absolute atomic E-state index is 13.1. The van der Waals surface area contributed by atoms with Crippen LogP contribution in [0.25, 0.3) is 0 Å². The van der Waals surface area contributed by atoms with Crippen LogP contribution >= 0.6 is 12.2 Å². The summed E-state index contributed by atoms with van der Waals surface area (Å²) >= 11 is 5.26. The molecule has 4 rings (SSSR count). The normalized spacial score (nSPS) is 13.0. The topological polar surface area (TPSA) is 78.5 Å². The van der Waals surface area contributed by atoms with E-state index < -0.39 is 10.0 Å². The first-order valence-corrected chi connectivity index (χ1v) is 13.0. The molecule has 0 fully saturated rings. The Morgan fingerprint density at radius 3 is 2.35 bits per heavy atom. The van der Waals surface area contributed by atoms with Crippen molar-refractivity contribution in [2.75, 3.05) is 16.2 Å². The van der Waals surface area contributed by atoms with Gasteiger partial charge in [-0.2, -0.15) is 0 Å². The summed E-state index contributed by atoms with van der Waals surface area (Å²) < 4.78 is 27.7. The highest BCUT2D eigenvalue weighted by molar-refractivity contribution is 7.92. The first-order valence-electron chi connectivity index (χ1n) is 11.2. The Bertz CT molecular complexity index is 1300. The van der Waals surface area contributed by atoms with Crippen LogP contribution < -0.4 is 14.9 Å². The van der Waals surface area contributed by atoms with Crippen LogP contribution in [0.5, 0.6) is 0 Å². The number of nitrogens with one attached hydrogen (secondary N) is 2. The second-order valence-corrected chi connectivity index (χ2v) is 11.0. The molecule has 0 saturated carbocycles. The van der Waals surface area contributed by atoms with Crippen molar-refractivity contribution in [3.8, 4) is 0 Å². The fourth-order valence-corrected chi connectivity index (χ4v) is 5.71. The number of sulfonamides is 1. The van der Waals surface area contributed by atoms with Crippen molar-refractivity contribution < 1.29 is 13.2 Å². The smallest absolute Gasteiger partial charge is 0.264 e. The van der Waals surface area contributed by atoms with Gasteiger partial charge >= 0.3 is 0 Å². The molecular weight excluding hydrogens is 466 g/mol. The number of para-hydroxylation sites is 1. The standard InChI is InChI=1S/C26H27N3O3S2/c1-18(2)17-19-7-9-21(10-8-19)25(30)28-26(33)27-22-11-13-23(14-12-22)34(31,32)29-16-15-20-5-3-4-6-24(20)29/h3-14,18H,15-17H2,1-2H3,(H2,27,28,30,33). The number of carbonyl (C=O) groups excluding carboxylic acids is 1. The van der Waals surface area contributed by atoms with Crippen molar-refractivity contribution in [3.05, 3.63) is 89.5 Å². The fraction of sp³-hybridized carbons (Fsp3) is 0.231. The molecule has 2 N–H and O–H groups in total. The van der Waals surface area contributed by atoms with Gasteiger partial charge in [-0.3, -0.25) is 14.4 Å². The van der Waals surface area contributed by atoms with E-state index >= 15 is 0 Å². The summed E-state index contributed by atoms with van der Waals surface area (Å²) in [5.74, 6) is 0.240. The summed E-state index contributed by atoms with van der Waals surface area (Å²) in [6.45, 7) is 4.73. The minimum atomic E-state index is -3.66. The zero-order valence-corrected chi connectivity index (χ0v) is 20.7. The van der Waals surface area contributed by atoms with E-state index in [1.165, 1.54) is 22.0 Å². The van der Waals surface area contributed by atoms with Crippen molar-refractivity contribution >= 4 is 44.6 Å². The third-order valence-electron chi connectivity index (χ3n) is 5.63. The molecule has 0 bridgehead atoms. The van der Waals surface area contributed by atoms with Gasteiger partial charge < -0.3 is 5.32 Å². The molecule has 1 heterocycles. The SMILES string of the molecule is CC(C)Cc1ccc(C(=O)NC(=S)Nc2ccc(S(=O)(=O)N3CCc4ccccc43)cc2)cc1. The van der Waals surface area contributed by atoms with Crippen LogP contribution in [0.15, 0.2) is 77.7 Å². The summed E-state index contributed by atoms with van der Waals surface area (Å²) in [4.78, 5) is 12.7. The van der Waals surface area contributed by atoms with Gasteiger partial charge in [0.1, 0.15) is 0 Å². The molecule has 0 aliphatic carbocycles. The number of hydrogen-bond donors (Lipinski definition) is 2. The fourth-order valence-electron chi connectivity index (χ4n) is 4.00. The van der Waals surface area contributed by atoms with Gasteiger partial charge in [0.2, 0.25) is 0 Å². The number of thiocarbonyl (C=S) groups is 1. The van der Waals surface area contributed by atoms with Gasteiger partial charge in [-0.1, -0.05) is 44.2 Å². The van der Waals surface area contributed by atoms with E-state index in [9.17, 15) is 13.2 Å². The first kappa shape index (κ1) is 23.9. The highest BCUT2D eigenvalue weighted by Crippen LogP contribution is 2.32. The van der Waals surface area contributed by atoms with E-state index in [4.69, 9.17) is 12.2 Å². The van der Waals surface area contributed by atoms with E-state index in [1.807, 2.05) is 36.4 Å². The minimum Gasteiger partial charge on any atom is -0.332 e. The van der Waals surface area contributed by atoms with Crippen LogP contribution in [0, 0.1) is 5.92 Å². The number of amides is 1. The number of benzene rings is 3. The van der Waals surface area contributed by atoms with Crippen LogP contribution in [0.4, 0.5) is 11.4 Å².